The molecule has 1 atom stereocenters. The smallest absolute Gasteiger partial charge is 0.324 e. The summed E-state index contributed by atoms with van der Waals surface area (Å²) in [7, 11) is 0. The van der Waals surface area contributed by atoms with Crippen molar-refractivity contribution in [1.29, 1.82) is 0 Å². The van der Waals surface area contributed by atoms with Gasteiger partial charge < -0.3 is 15.7 Å². The van der Waals surface area contributed by atoms with Crippen molar-refractivity contribution in [2.75, 3.05) is 0 Å². The molecule has 14 heavy (non-hydrogen) atoms. The van der Waals surface area contributed by atoms with Gasteiger partial charge in [0, 0.05) is 18.9 Å². The summed E-state index contributed by atoms with van der Waals surface area (Å²) in [4.78, 5) is 24.7. The molecule has 82 valence electrons. The molecule has 0 aliphatic carbocycles. The summed E-state index contributed by atoms with van der Waals surface area (Å²) >= 11 is 0. The lowest BCUT2D eigenvalue weighted by molar-refractivity contribution is -0.144. The Morgan fingerprint density at radius 3 is 2.43 bits per heavy atom. The van der Waals surface area contributed by atoms with Gasteiger partial charge in [-0.1, -0.05) is 0 Å². The summed E-state index contributed by atoms with van der Waals surface area (Å²) in [5, 5.41) is 8.35. The molecule has 0 aliphatic rings. The summed E-state index contributed by atoms with van der Waals surface area (Å²) in [6.45, 7) is 0. The number of rotatable bonds is 7. The van der Waals surface area contributed by atoms with E-state index in [0.717, 1.165) is 0 Å². The summed E-state index contributed by atoms with van der Waals surface area (Å²) in [6.07, 6.45) is 1.85. The normalized spacial score (nSPS) is 12.1. The molecule has 0 heterocycles. The topological polar surface area (TPSA) is 116 Å². The molecule has 0 aromatic rings. The molecule has 0 saturated carbocycles. The Morgan fingerprint density at radius 2 is 1.93 bits per heavy atom. The Labute approximate surface area is 82.2 Å². The van der Waals surface area contributed by atoms with Crippen molar-refractivity contribution in [2.45, 2.75) is 38.1 Å². The predicted octanol–water partition coefficient (Wildman–Crippen LogP) is -0.234. The number of aliphatic carboxylic acids is 1. The van der Waals surface area contributed by atoms with Crippen LogP contribution >= 0.6 is 0 Å². The second kappa shape index (κ2) is 7.28. The van der Waals surface area contributed by atoms with Crippen LogP contribution in [-0.2, 0) is 14.4 Å². The van der Waals surface area contributed by atoms with Gasteiger partial charge in [-0.25, -0.2) is 0 Å². The Morgan fingerprint density at radius 1 is 1.29 bits per heavy atom. The molecule has 0 aromatic heterocycles. The lowest BCUT2D eigenvalue weighted by Gasteiger charge is -2.08. The molecule has 0 spiro atoms. The molecule has 6 nitrogen and oxygen atoms in total. The van der Waals surface area contributed by atoms with Gasteiger partial charge in [-0.15, -0.1) is 0 Å². The van der Waals surface area contributed by atoms with Crippen LogP contribution in [0.1, 0.15) is 32.1 Å². The molecule has 0 rings (SSSR count). The summed E-state index contributed by atoms with van der Waals surface area (Å²) in [5.74, 6) is 3.29. The zero-order valence-electron chi connectivity index (χ0n) is 7.94. The van der Waals surface area contributed by atoms with Crippen molar-refractivity contribution in [3.8, 4) is 0 Å². The Balaban J connectivity index is 3.41. The van der Waals surface area contributed by atoms with E-state index in [0.29, 0.717) is 19.3 Å². The van der Waals surface area contributed by atoms with Crippen molar-refractivity contribution < 1.29 is 19.5 Å². The average Bonchev–Trinajstić information content (AvgIpc) is 2.13. The van der Waals surface area contributed by atoms with Crippen LogP contribution < -0.4 is 11.6 Å². The average molecular weight is 204 g/mol. The number of hydrogen-bond acceptors (Lipinski definition) is 5. The molecule has 1 unspecified atom stereocenters. The van der Waals surface area contributed by atoms with Gasteiger partial charge in [0.05, 0.1) is 0 Å². The highest BCUT2D eigenvalue weighted by atomic mass is 16.7. The van der Waals surface area contributed by atoms with Gasteiger partial charge in [0.2, 0.25) is 0 Å². The van der Waals surface area contributed by atoms with Gasteiger partial charge in [0.15, 0.2) is 0 Å². The molecule has 0 saturated heterocycles. The van der Waals surface area contributed by atoms with Gasteiger partial charge in [0.25, 0.3) is 0 Å². The van der Waals surface area contributed by atoms with E-state index in [2.05, 4.69) is 10.7 Å². The first-order valence-electron chi connectivity index (χ1n) is 4.43. The minimum absolute atomic E-state index is 0.106. The molecule has 0 bridgehead atoms. The fraction of sp³-hybridized carbons (Fsp3) is 0.750. The Kier molecular flexibility index (Phi) is 6.69. The quantitative estimate of drug-likeness (QED) is 0.493. The van der Waals surface area contributed by atoms with Gasteiger partial charge >= 0.3 is 11.9 Å². The fourth-order valence-electron chi connectivity index (χ4n) is 1.02. The van der Waals surface area contributed by atoms with Crippen molar-refractivity contribution in [2.24, 2.45) is 11.6 Å². The van der Waals surface area contributed by atoms with Crippen molar-refractivity contribution in [3.63, 3.8) is 0 Å². The standard InChI is InChI=1S/C8H16N2O4/c9-6(2-1-3-7(11)12)4-5-8(13)14-10/h6H,1-5,9-10H2,(H,11,12). The molecular weight excluding hydrogens is 188 g/mol. The van der Waals surface area contributed by atoms with Crippen LogP contribution in [0.15, 0.2) is 0 Å². The maximum absolute atomic E-state index is 10.6. The third-order valence-electron chi connectivity index (χ3n) is 1.82. The van der Waals surface area contributed by atoms with E-state index in [9.17, 15) is 9.59 Å². The van der Waals surface area contributed by atoms with Crippen molar-refractivity contribution >= 4 is 11.9 Å². The molecule has 0 aliphatic heterocycles. The van der Waals surface area contributed by atoms with E-state index >= 15 is 0 Å². The lowest BCUT2D eigenvalue weighted by atomic mass is 10.1. The third kappa shape index (κ3) is 7.51. The zero-order chi connectivity index (χ0) is 11.0. The lowest BCUT2D eigenvalue weighted by Crippen LogP contribution is -2.22. The van der Waals surface area contributed by atoms with Gasteiger partial charge in [-0.05, 0) is 19.3 Å². The second-order valence-corrected chi connectivity index (χ2v) is 3.07. The van der Waals surface area contributed by atoms with Crippen LogP contribution in [0.5, 0.6) is 0 Å². The highest BCUT2D eigenvalue weighted by molar-refractivity contribution is 5.68. The third-order valence-corrected chi connectivity index (χ3v) is 1.82. The highest BCUT2D eigenvalue weighted by Crippen LogP contribution is 2.05. The summed E-state index contributed by atoms with van der Waals surface area (Å²) < 4.78 is 0. The Bertz CT molecular complexity index is 196. The molecule has 5 N–H and O–H groups in total. The number of carbonyl (C=O) groups is 2. The van der Waals surface area contributed by atoms with E-state index in [1.165, 1.54) is 0 Å². The van der Waals surface area contributed by atoms with E-state index in [1.54, 1.807) is 0 Å². The first-order valence-corrected chi connectivity index (χ1v) is 4.43. The maximum Gasteiger partial charge on any atom is 0.324 e. The van der Waals surface area contributed by atoms with Gasteiger partial charge in [-0.2, -0.15) is 5.90 Å². The summed E-state index contributed by atoms with van der Waals surface area (Å²) in [5.41, 5.74) is 5.62. The van der Waals surface area contributed by atoms with Crippen LogP contribution in [-0.4, -0.2) is 23.1 Å². The van der Waals surface area contributed by atoms with Crippen LogP contribution in [0.25, 0.3) is 0 Å². The van der Waals surface area contributed by atoms with Gasteiger partial charge in [-0.3, -0.25) is 9.59 Å². The molecule has 6 heteroatoms. The van der Waals surface area contributed by atoms with Crippen LogP contribution in [0, 0.1) is 0 Å². The SMILES string of the molecule is NOC(=O)CCC(N)CCCC(=O)O. The number of carbonyl (C=O) groups excluding carboxylic acids is 1. The maximum atomic E-state index is 10.6. The van der Waals surface area contributed by atoms with E-state index in [4.69, 9.17) is 10.8 Å². The number of hydrogen-bond donors (Lipinski definition) is 3. The molecular formula is C8H16N2O4. The predicted molar refractivity (Wildman–Crippen MR) is 49.0 cm³/mol. The van der Waals surface area contributed by atoms with Gasteiger partial charge in [0.1, 0.15) is 0 Å². The van der Waals surface area contributed by atoms with Crippen molar-refractivity contribution in [3.05, 3.63) is 0 Å². The minimum atomic E-state index is -0.835. The minimum Gasteiger partial charge on any atom is -0.481 e. The van der Waals surface area contributed by atoms with E-state index < -0.39 is 11.9 Å². The zero-order valence-corrected chi connectivity index (χ0v) is 7.94. The highest BCUT2D eigenvalue weighted by Gasteiger charge is 2.08. The first kappa shape index (κ1) is 12.9. The number of carboxylic acid groups (broad SMARTS) is 1. The second-order valence-electron chi connectivity index (χ2n) is 3.07. The van der Waals surface area contributed by atoms with Crippen molar-refractivity contribution in [1.82, 2.24) is 0 Å². The van der Waals surface area contributed by atoms with Crippen LogP contribution in [0.4, 0.5) is 0 Å². The fourth-order valence-corrected chi connectivity index (χ4v) is 1.02. The number of nitrogens with two attached hydrogens (primary N) is 2. The van der Waals surface area contributed by atoms with E-state index in [-0.39, 0.29) is 18.9 Å². The summed E-state index contributed by atoms with van der Waals surface area (Å²) in [6, 6.07) is -0.173. The largest absolute Gasteiger partial charge is 0.481 e. The van der Waals surface area contributed by atoms with E-state index in [1.807, 2.05) is 0 Å². The monoisotopic (exact) mass is 204 g/mol. The number of carboxylic acids is 1. The molecule has 0 amide bonds. The molecule has 0 aromatic carbocycles. The van der Waals surface area contributed by atoms with Crippen LogP contribution in [0.2, 0.25) is 0 Å². The first-order chi connectivity index (χ1) is 6.56. The molecule has 0 fully saturated rings. The molecule has 0 radical (unpaired) electrons. The Hall–Kier alpha value is -1.14. The van der Waals surface area contributed by atoms with Crippen LogP contribution in [0.3, 0.4) is 0 Å².